The van der Waals surface area contributed by atoms with Crippen LogP contribution in [0.15, 0.2) is 36.0 Å². The van der Waals surface area contributed by atoms with E-state index in [9.17, 15) is 0 Å². The van der Waals surface area contributed by atoms with Gasteiger partial charge in [-0.3, -0.25) is 4.68 Å². The van der Waals surface area contributed by atoms with E-state index in [-0.39, 0.29) is 0 Å². The van der Waals surface area contributed by atoms with Gasteiger partial charge in [0.2, 0.25) is 0 Å². The fraction of sp³-hybridized carbons (Fsp3) is 0.0833. The normalized spacial score (nSPS) is 10.7. The van der Waals surface area contributed by atoms with E-state index in [4.69, 9.17) is 5.73 Å². The maximum atomic E-state index is 6.10. The van der Waals surface area contributed by atoms with Crippen LogP contribution >= 0.6 is 11.3 Å². The van der Waals surface area contributed by atoms with Crippen molar-refractivity contribution in [2.24, 2.45) is 7.05 Å². The molecule has 0 aromatic carbocycles. The van der Waals surface area contributed by atoms with E-state index in [1.807, 2.05) is 30.6 Å². The van der Waals surface area contributed by atoms with Gasteiger partial charge < -0.3 is 5.73 Å². The van der Waals surface area contributed by atoms with E-state index in [2.05, 4.69) is 15.3 Å². The van der Waals surface area contributed by atoms with Crippen LogP contribution in [0.5, 0.6) is 0 Å². The minimum absolute atomic E-state index is 0.657. The molecule has 0 aliphatic carbocycles. The van der Waals surface area contributed by atoms with Crippen molar-refractivity contribution in [2.75, 3.05) is 5.73 Å². The lowest BCUT2D eigenvalue weighted by atomic mass is 10.1. The molecule has 3 aromatic heterocycles. The van der Waals surface area contributed by atoms with Crippen molar-refractivity contribution < 1.29 is 0 Å². The predicted molar refractivity (Wildman–Crippen MR) is 72.0 cm³/mol. The number of thiophene rings is 1. The summed E-state index contributed by atoms with van der Waals surface area (Å²) in [6, 6.07) is 5.92. The summed E-state index contributed by atoms with van der Waals surface area (Å²) < 4.78 is 1.69. The summed E-state index contributed by atoms with van der Waals surface area (Å²) in [7, 11) is 1.84. The molecular formula is C12H11N5S. The van der Waals surface area contributed by atoms with Crippen molar-refractivity contribution in [1.29, 1.82) is 0 Å². The Balaban J connectivity index is 2.25. The topological polar surface area (TPSA) is 69.6 Å². The molecule has 0 atom stereocenters. The van der Waals surface area contributed by atoms with Gasteiger partial charge in [-0.15, -0.1) is 11.3 Å². The molecule has 3 rings (SSSR count). The van der Waals surface area contributed by atoms with Gasteiger partial charge in [-0.25, -0.2) is 0 Å². The van der Waals surface area contributed by atoms with E-state index in [1.54, 1.807) is 28.4 Å². The van der Waals surface area contributed by atoms with E-state index >= 15 is 0 Å². The van der Waals surface area contributed by atoms with Crippen molar-refractivity contribution in [3.05, 3.63) is 36.0 Å². The molecule has 0 saturated carbocycles. The lowest BCUT2D eigenvalue weighted by Gasteiger charge is -2.00. The van der Waals surface area contributed by atoms with Crippen molar-refractivity contribution in [2.45, 2.75) is 0 Å². The van der Waals surface area contributed by atoms with Crippen LogP contribution in [0, 0.1) is 0 Å². The second-order valence-corrected chi connectivity index (χ2v) is 4.79. The Morgan fingerprint density at radius 1 is 1.28 bits per heavy atom. The molecule has 2 N–H and O–H groups in total. The zero-order valence-electron chi connectivity index (χ0n) is 9.74. The largest absolute Gasteiger partial charge is 0.383 e. The molecule has 0 aliphatic heterocycles. The Labute approximate surface area is 108 Å². The Bertz CT molecular complexity index is 657. The van der Waals surface area contributed by atoms with Gasteiger partial charge in [-0.2, -0.15) is 15.3 Å². The predicted octanol–water partition coefficient (Wildman–Crippen LogP) is 2.19. The first-order valence-corrected chi connectivity index (χ1v) is 6.29. The third-order valence-corrected chi connectivity index (χ3v) is 3.60. The van der Waals surface area contributed by atoms with Crippen LogP contribution in [0.4, 0.5) is 5.82 Å². The number of rotatable bonds is 2. The summed E-state index contributed by atoms with van der Waals surface area (Å²) in [6.07, 6.45) is 3.34. The maximum Gasteiger partial charge on any atom is 0.130 e. The van der Waals surface area contributed by atoms with Crippen LogP contribution in [0.1, 0.15) is 0 Å². The minimum Gasteiger partial charge on any atom is -0.383 e. The maximum absolute atomic E-state index is 6.10. The van der Waals surface area contributed by atoms with Gasteiger partial charge >= 0.3 is 0 Å². The molecule has 3 heterocycles. The van der Waals surface area contributed by atoms with Gasteiger partial charge in [0, 0.05) is 17.5 Å². The van der Waals surface area contributed by atoms with E-state index < -0.39 is 0 Å². The van der Waals surface area contributed by atoms with E-state index in [1.165, 1.54) is 0 Å². The number of hydrogen-bond acceptors (Lipinski definition) is 5. The number of aryl methyl sites for hydroxylation is 1. The van der Waals surface area contributed by atoms with Gasteiger partial charge in [0.1, 0.15) is 11.5 Å². The Kier molecular flexibility index (Phi) is 2.56. The monoisotopic (exact) mass is 257 g/mol. The number of nitrogens with two attached hydrogens (primary N) is 1. The summed E-state index contributed by atoms with van der Waals surface area (Å²) >= 11 is 1.64. The van der Waals surface area contributed by atoms with Crippen LogP contribution in [-0.2, 0) is 7.05 Å². The fourth-order valence-electron chi connectivity index (χ4n) is 1.83. The Hall–Kier alpha value is -2.21. The van der Waals surface area contributed by atoms with Crippen molar-refractivity contribution >= 4 is 17.2 Å². The zero-order chi connectivity index (χ0) is 12.5. The molecule has 0 spiro atoms. The first-order chi connectivity index (χ1) is 8.77. The van der Waals surface area contributed by atoms with Crippen molar-refractivity contribution in [3.63, 3.8) is 0 Å². The van der Waals surface area contributed by atoms with Gasteiger partial charge in [-0.1, -0.05) is 6.07 Å². The standard InChI is InChI=1S/C12H11N5S/c1-17-12(13)10(9-3-2-6-18-9)11(16-17)8-4-5-14-15-7-8/h2-7H,13H2,1H3. The van der Waals surface area contributed by atoms with Crippen LogP contribution < -0.4 is 5.73 Å². The first kappa shape index (κ1) is 10.9. The third-order valence-electron chi connectivity index (χ3n) is 2.72. The molecule has 6 heteroatoms. The molecule has 5 nitrogen and oxygen atoms in total. The van der Waals surface area contributed by atoms with Crippen molar-refractivity contribution in [3.8, 4) is 21.7 Å². The molecule has 0 unspecified atom stereocenters. The van der Waals surface area contributed by atoms with Gasteiger partial charge in [0.05, 0.1) is 18.0 Å². The number of aromatic nitrogens is 4. The number of nitrogens with zero attached hydrogens (tertiary/aromatic N) is 4. The number of nitrogen functional groups attached to an aromatic ring is 1. The number of anilines is 1. The molecule has 0 fully saturated rings. The Morgan fingerprint density at radius 3 is 2.83 bits per heavy atom. The smallest absolute Gasteiger partial charge is 0.130 e. The summed E-state index contributed by atoms with van der Waals surface area (Å²) in [6.45, 7) is 0. The number of hydrogen-bond donors (Lipinski definition) is 1. The quantitative estimate of drug-likeness (QED) is 0.764. The molecule has 3 aromatic rings. The average Bonchev–Trinajstić information content (AvgIpc) is 3.00. The molecule has 18 heavy (non-hydrogen) atoms. The molecule has 0 amide bonds. The van der Waals surface area contributed by atoms with Crippen molar-refractivity contribution in [1.82, 2.24) is 20.0 Å². The summed E-state index contributed by atoms with van der Waals surface area (Å²) in [5.41, 5.74) is 8.82. The Morgan fingerprint density at radius 2 is 2.17 bits per heavy atom. The highest BCUT2D eigenvalue weighted by Gasteiger charge is 2.18. The molecule has 0 saturated heterocycles. The zero-order valence-corrected chi connectivity index (χ0v) is 10.6. The molecule has 0 radical (unpaired) electrons. The molecular weight excluding hydrogens is 246 g/mol. The van der Waals surface area contributed by atoms with Crippen LogP contribution in [0.2, 0.25) is 0 Å². The highest BCUT2D eigenvalue weighted by Crippen LogP contribution is 2.37. The van der Waals surface area contributed by atoms with Gasteiger partial charge in [0.15, 0.2) is 0 Å². The van der Waals surface area contributed by atoms with Gasteiger partial charge in [-0.05, 0) is 17.5 Å². The minimum atomic E-state index is 0.657. The lowest BCUT2D eigenvalue weighted by molar-refractivity contribution is 0.782. The second-order valence-electron chi connectivity index (χ2n) is 3.84. The SMILES string of the molecule is Cn1nc(-c2ccnnc2)c(-c2cccs2)c1N. The first-order valence-electron chi connectivity index (χ1n) is 5.41. The molecule has 0 aliphatic rings. The second kappa shape index (κ2) is 4.23. The highest BCUT2D eigenvalue weighted by molar-refractivity contribution is 7.13. The van der Waals surface area contributed by atoms with E-state index in [0.29, 0.717) is 5.82 Å². The summed E-state index contributed by atoms with van der Waals surface area (Å²) in [4.78, 5) is 1.10. The molecule has 90 valence electrons. The molecule has 0 bridgehead atoms. The third kappa shape index (κ3) is 1.67. The van der Waals surface area contributed by atoms with Gasteiger partial charge in [0.25, 0.3) is 0 Å². The fourth-order valence-corrected chi connectivity index (χ4v) is 2.61. The summed E-state index contributed by atoms with van der Waals surface area (Å²) in [5.74, 6) is 0.657. The average molecular weight is 257 g/mol. The van der Waals surface area contributed by atoms with Crippen LogP contribution in [0.3, 0.4) is 0 Å². The van der Waals surface area contributed by atoms with Crippen LogP contribution in [0.25, 0.3) is 21.7 Å². The van der Waals surface area contributed by atoms with Crippen LogP contribution in [-0.4, -0.2) is 20.0 Å². The summed E-state index contributed by atoms with van der Waals surface area (Å²) in [5, 5.41) is 14.2. The van der Waals surface area contributed by atoms with E-state index in [0.717, 1.165) is 21.7 Å². The lowest BCUT2D eigenvalue weighted by Crippen LogP contribution is -1.97. The highest BCUT2D eigenvalue weighted by atomic mass is 32.1.